The minimum absolute atomic E-state index is 0.0420. The van der Waals surface area contributed by atoms with Gasteiger partial charge >= 0.3 is 6.18 Å². The Hall–Kier alpha value is -2.84. The topological polar surface area (TPSA) is 84.1 Å². The number of carbonyl (C=O) groups excluding carboxylic acids is 1. The van der Waals surface area contributed by atoms with Crippen LogP contribution in [0.4, 0.5) is 24.7 Å². The van der Waals surface area contributed by atoms with Gasteiger partial charge in [0, 0.05) is 18.2 Å². The van der Waals surface area contributed by atoms with E-state index >= 15 is 0 Å². The Morgan fingerprint density at radius 3 is 2.59 bits per heavy atom. The zero-order valence-corrected chi connectivity index (χ0v) is 15.2. The molecule has 3 N–H and O–H groups in total. The number of benzene rings is 1. The van der Waals surface area contributed by atoms with E-state index in [4.69, 9.17) is 5.73 Å². The van der Waals surface area contributed by atoms with Crippen LogP contribution in [0, 0.1) is 6.92 Å². The number of aryl methyl sites for hydroxylation is 1. The van der Waals surface area contributed by atoms with E-state index in [-0.39, 0.29) is 11.6 Å². The summed E-state index contributed by atoms with van der Waals surface area (Å²) in [5, 5.41) is 3.15. The molecule has 0 aliphatic carbocycles. The van der Waals surface area contributed by atoms with Crippen molar-refractivity contribution in [3.05, 3.63) is 46.4 Å². The summed E-state index contributed by atoms with van der Waals surface area (Å²) in [6.07, 6.45) is -4.47. The van der Waals surface area contributed by atoms with Crippen LogP contribution in [0.1, 0.15) is 48.1 Å². The van der Waals surface area contributed by atoms with Gasteiger partial charge in [0.05, 0.1) is 30.4 Å². The van der Waals surface area contributed by atoms with Crippen molar-refractivity contribution in [1.82, 2.24) is 14.9 Å². The largest absolute Gasteiger partial charge is 0.416 e. The summed E-state index contributed by atoms with van der Waals surface area (Å²) < 4.78 is 39.2. The van der Waals surface area contributed by atoms with Crippen molar-refractivity contribution in [3.8, 4) is 0 Å². The second-order valence-corrected chi connectivity index (χ2v) is 6.67. The van der Waals surface area contributed by atoms with E-state index in [0.717, 1.165) is 23.4 Å². The Labute approximate surface area is 154 Å². The third-order valence-electron chi connectivity index (χ3n) is 4.50. The van der Waals surface area contributed by atoms with Gasteiger partial charge in [-0.25, -0.2) is 9.97 Å². The maximum atomic E-state index is 13.1. The van der Waals surface area contributed by atoms with Gasteiger partial charge in [-0.2, -0.15) is 13.2 Å². The summed E-state index contributed by atoms with van der Waals surface area (Å²) >= 11 is 0. The smallest absolute Gasteiger partial charge is 0.399 e. The van der Waals surface area contributed by atoms with Crippen molar-refractivity contribution >= 4 is 17.4 Å². The minimum atomic E-state index is -4.47. The second-order valence-electron chi connectivity index (χ2n) is 6.67. The highest BCUT2D eigenvalue weighted by Gasteiger charge is 2.32. The molecule has 2 aromatic rings. The molecule has 0 bridgehead atoms. The number of fused-ring (bicyclic) bond motifs is 1. The molecular weight excluding hydrogens is 359 g/mol. The number of hydrogen-bond acceptors (Lipinski definition) is 5. The highest BCUT2D eigenvalue weighted by Crippen LogP contribution is 2.34. The van der Waals surface area contributed by atoms with Crippen LogP contribution in [0.3, 0.4) is 0 Å². The van der Waals surface area contributed by atoms with E-state index in [0.29, 0.717) is 30.3 Å². The Morgan fingerprint density at radius 2 is 1.96 bits per heavy atom. The van der Waals surface area contributed by atoms with Crippen molar-refractivity contribution in [3.63, 3.8) is 0 Å². The molecule has 9 heteroatoms. The normalized spacial score (nSPS) is 14.8. The summed E-state index contributed by atoms with van der Waals surface area (Å²) in [6.45, 7) is 5.71. The van der Waals surface area contributed by atoms with E-state index in [1.165, 1.54) is 13.0 Å². The molecule has 0 unspecified atom stereocenters. The lowest BCUT2D eigenvalue weighted by atomic mass is 10.0. The monoisotopic (exact) mass is 379 g/mol. The molecule has 2 heterocycles. The molecule has 3 rings (SSSR count). The molecule has 1 aliphatic heterocycles. The number of amides is 1. The summed E-state index contributed by atoms with van der Waals surface area (Å²) in [7, 11) is 0. The van der Waals surface area contributed by atoms with Crippen LogP contribution in [-0.2, 0) is 24.1 Å². The van der Waals surface area contributed by atoms with E-state index in [1.54, 1.807) is 18.7 Å². The molecule has 27 heavy (non-hydrogen) atoms. The van der Waals surface area contributed by atoms with Gasteiger partial charge < -0.3 is 16.0 Å². The predicted octanol–water partition coefficient (Wildman–Crippen LogP) is 3.42. The zero-order chi connectivity index (χ0) is 19.9. The molecule has 0 radical (unpaired) electrons. The third kappa shape index (κ3) is 3.96. The Morgan fingerprint density at radius 1 is 1.26 bits per heavy atom. The quantitative estimate of drug-likeness (QED) is 0.799. The fourth-order valence-electron chi connectivity index (χ4n) is 3.10. The van der Waals surface area contributed by atoms with Gasteiger partial charge in [-0.05, 0) is 37.6 Å². The lowest BCUT2D eigenvalue weighted by molar-refractivity contribution is -0.137. The van der Waals surface area contributed by atoms with Crippen LogP contribution in [0.2, 0.25) is 0 Å². The standard InChI is InChI=1S/C18H20F3N5O/c1-9(12-4-13(18(19,20)21)6-14(22)5-12)23-17-15-7-26(11(3)27)8-16(15)24-10(2)25-17/h4-6,9H,7-8,22H2,1-3H3,(H,23,24,25)/t9-/m1/s1. The number of aromatic nitrogens is 2. The molecule has 1 aromatic carbocycles. The maximum Gasteiger partial charge on any atom is 0.416 e. The number of alkyl halides is 3. The van der Waals surface area contributed by atoms with Gasteiger partial charge in [0.1, 0.15) is 11.6 Å². The molecule has 0 saturated heterocycles. The molecule has 6 nitrogen and oxygen atoms in total. The number of anilines is 2. The summed E-state index contributed by atoms with van der Waals surface area (Å²) in [4.78, 5) is 22.1. The zero-order valence-electron chi connectivity index (χ0n) is 15.2. The number of nitrogens with zero attached hydrogens (tertiary/aromatic N) is 3. The van der Waals surface area contributed by atoms with E-state index in [2.05, 4.69) is 15.3 Å². The predicted molar refractivity (Wildman–Crippen MR) is 94.6 cm³/mol. The van der Waals surface area contributed by atoms with E-state index in [1.807, 2.05) is 0 Å². The first-order chi connectivity index (χ1) is 12.5. The number of rotatable bonds is 3. The highest BCUT2D eigenvalue weighted by atomic mass is 19.4. The first-order valence-electron chi connectivity index (χ1n) is 8.40. The Balaban J connectivity index is 1.91. The molecule has 1 aliphatic rings. The van der Waals surface area contributed by atoms with Crippen molar-refractivity contribution in [2.24, 2.45) is 0 Å². The summed E-state index contributed by atoms with van der Waals surface area (Å²) in [5.41, 5.74) is 6.83. The molecule has 0 fully saturated rings. The van der Waals surface area contributed by atoms with Crippen LogP contribution >= 0.6 is 0 Å². The lowest BCUT2D eigenvalue weighted by Gasteiger charge is -2.19. The van der Waals surface area contributed by atoms with Crippen LogP contribution in [0.15, 0.2) is 18.2 Å². The first kappa shape index (κ1) is 18.9. The molecule has 144 valence electrons. The van der Waals surface area contributed by atoms with Crippen molar-refractivity contribution in [1.29, 1.82) is 0 Å². The van der Waals surface area contributed by atoms with Gasteiger partial charge in [-0.1, -0.05) is 0 Å². The highest BCUT2D eigenvalue weighted by molar-refractivity contribution is 5.74. The lowest BCUT2D eigenvalue weighted by Crippen LogP contribution is -2.22. The van der Waals surface area contributed by atoms with Gasteiger partial charge in [0.25, 0.3) is 0 Å². The van der Waals surface area contributed by atoms with Crippen LogP contribution < -0.4 is 11.1 Å². The fraction of sp³-hybridized carbons (Fsp3) is 0.389. The number of carbonyl (C=O) groups is 1. The minimum Gasteiger partial charge on any atom is -0.399 e. The molecule has 1 aromatic heterocycles. The average molecular weight is 379 g/mol. The maximum absolute atomic E-state index is 13.1. The van der Waals surface area contributed by atoms with Gasteiger partial charge in [0.15, 0.2) is 0 Å². The van der Waals surface area contributed by atoms with Crippen LogP contribution in [-0.4, -0.2) is 20.8 Å². The summed E-state index contributed by atoms with van der Waals surface area (Å²) in [6, 6.07) is 3.01. The molecule has 1 amide bonds. The van der Waals surface area contributed by atoms with Gasteiger partial charge in [-0.15, -0.1) is 0 Å². The van der Waals surface area contributed by atoms with Gasteiger partial charge in [0.2, 0.25) is 5.91 Å². The third-order valence-corrected chi connectivity index (χ3v) is 4.50. The molecule has 1 atom stereocenters. The first-order valence-corrected chi connectivity index (χ1v) is 8.40. The number of nitrogens with two attached hydrogens (primary N) is 1. The average Bonchev–Trinajstić information content (AvgIpc) is 2.97. The van der Waals surface area contributed by atoms with Crippen molar-refractivity contribution in [2.45, 2.75) is 46.1 Å². The number of nitrogen functional groups attached to an aromatic ring is 1. The second kappa shape index (κ2) is 6.71. The molecule has 0 saturated carbocycles. The van der Waals surface area contributed by atoms with Crippen molar-refractivity contribution < 1.29 is 18.0 Å². The fourth-order valence-corrected chi connectivity index (χ4v) is 3.10. The number of hydrogen-bond donors (Lipinski definition) is 2. The number of nitrogens with one attached hydrogen (secondary N) is 1. The van der Waals surface area contributed by atoms with Crippen LogP contribution in [0.5, 0.6) is 0 Å². The van der Waals surface area contributed by atoms with Crippen LogP contribution in [0.25, 0.3) is 0 Å². The van der Waals surface area contributed by atoms with Gasteiger partial charge in [-0.3, -0.25) is 4.79 Å². The van der Waals surface area contributed by atoms with Crippen molar-refractivity contribution in [2.75, 3.05) is 11.1 Å². The Bertz CT molecular complexity index is 897. The Kier molecular flexibility index (Phi) is 4.71. The summed E-state index contributed by atoms with van der Waals surface area (Å²) in [5.74, 6) is 0.970. The number of halogens is 3. The SMILES string of the molecule is CC(=O)N1Cc2nc(C)nc(N[C@H](C)c3cc(N)cc(C(F)(F)F)c3)c2C1. The molecular formula is C18H20F3N5O. The van der Waals surface area contributed by atoms with E-state index in [9.17, 15) is 18.0 Å². The molecule has 0 spiro atoms. The van der Waals surface area contributed by atoms with E-state index < -0.39 is 17.8 Å².